The van der Waals surface area contributed by atoms with Crippen molar-refractivity contribution in [3.05, 3.63) is 166 Å². The van der Waals surface area contributed by atoms with Crippen LogP contribution in [0.25, 0.3) is 6.08 Å². The first-order valence-electron chi connectivity index (χ1n) is 13.9. The van der Waals surface area contributed by atoms with Crippen molar-refractivity contribution in [2.24, 2.45) is 0 Å². The Morgan fingerprint density at radius 3 is 1.93 bits per heavy atom. The van der Waals surface area contributed by atoms with Crippen LogP contribution in [0.4, 0.5) is 15.8 Å². The molecule has 0 bridgehead atoms. The molecule has 6 nitrogen and oxygen atoms in total. The molecule has 0 saturated carbocycles. The molecule has 0 radical (unpaired) electrons. The van der Waals surface area contributed by atoms with Crippen molar-refractivity contribution in [1.82, 2.24) is 5.32 Å². The highest BCUT2D eigenvalue weighted by Gasteiger charge is 2.22. The Labute approximate surface area is 272 Å². The Balaban J connectivity index is 1.33. The number of carbonyl (C=O) groups excluding carboxylic acids is 3. The fourth-order valence-corrected chi connectivity index (χ4v) is 5.57. The molecule has 5 aromatic carbocycles. The van der Waals surface area contributed by atoms with Crippen LogP contribution in [-0.2, 0) is 9.59 Å². The van der Waals surface area contributed by atoms with Crippen LogP contribution in [-0.4, -0.2) is 17.7 Å². The smallest absolute Gasteiger partial charge is 0.272 e. The van der Waals surface area contributed by atoms with Gasteiger partial charge in [-0.15, -0.1) is 11.8 Å². The molecular formula is C36H27BrFN3O3S. The third-order valence-electron chi connectivity index (χ3n) is 6.55. The SMILES string of the molecule is O=C(Nc1ccc(SC(C(=O)Nc2ccc(Br)cc2)c2ccccc2)cc1)/C(=C/c1ccccc1F)NC(=O)c1ccccc1. The molecular weight excluding hydrogens is 653 g/mol. The van der Waals surface area contributed by atoms with E-state index in [1.54, 1.807) is 66.7 Å². The molecule has 0 aliphatic heterocycles. The lowest BCUT2D eigenvalue weighted by Gasteiger charge is -2.17. The van der Waals surface area contributed by atoms with Gasteiger partial charge in [0.15, 0.2) is 0 Å². The highest BCUT2D eigenvalue weighted by molar-refractivity contribution is 9.10. The first-order valence-corrected chi connectivity index (χ1v) is 15.5. The van der Waals surface area contributed by atoms with Gasteiger partial charge in [0.2, 0.25) is 5.91 Å². The summed E-state index contributed by atoms with van der Waals surface area (Å²) in [5.74, 6) is -1.84. The number of hydrogen-bond acceptors (Lipinski definition) is 4. The average Bonchev–Trinajstić information content (AvgIpc) is 3.06. The van der Waals surface area contributed by atoms with Crippen molar-refractivity contribution in [3.63, 3.8) is 0 Å². The lowest BCUT2D eigenvalue weighted by atomic mass is 10.1. The van der Waals surface area contributed by atoms with Crippen LogP contribution in [0.3, 0.4) is 0 Å². The summed E-state index contributed by atoms with van der Waals surface area (Å²) >= 11 is 4.78. The number of nitrogens with one attached hydrogen (secondary N) is 3. The summed E-state index contributed by atoms with van der Waals surface area (Å²) in [6.45, 7) is 0. The minimum atomic E-state index is -0.626. The monoisotopic (exact) mass is 679 g/mol. The predicted octanol–water partition coefficient (Wildman–Crippen LogP) is 8.47. The molecule has 0 aliphatic carbocycles. The van der Waals surface area contributed by atoms with Crippen LogP contribution in [0.15, 0.2) is 149 Å². The highest BCUT2D eigenvalue weighted by Crippen LogP contribution is 2.37. The summed E-state index contributed by atoms with van der Waals surface area (Å²) < 4.78 is 15.4. The van der Waals surface area contributed by atoms with Crippen LogP contribution < -0.4 is 16.0 Å². The third kappa shape index (κ3) is 8.78. The van der Waals surface area contributed by atoms with Crippen LogP contribution in [0.1, 0.15) is 26.7 Å². The molecule has 0 aliphatic rings. The first kappa shape index (κ1) is 31.4. The Morgan fingerprint density at radius 1 is 0.689 bits per heavy atom. The van der Waals surface area contributed by atoms with Crippen molar-refractivity contribution in [2.45, 2.75) is 10.1 Å². The Kier molecular flexibility index (Phi) is 10.6. The van der Waals surface area contributed by atoms with E-state index in [4.69, 9.17) is 0 Å². The predicted molar refractivity (Wildman–Crippen MR) is 181 cm³/mol. The van der Waals surface area contributed by atoms with Gasteiger partial charge in [-0.3, -0.25) is 14.4 Å². The van der Waals surface area contributed by atoms with Gasteiger partial charge in [-0.05, 0) is 78.4 Å². The molecule has 1 atom stereocenters. The lowest BCUT2D eigenvalue weighted by Crippen LogP contribution is -2.30. The molecule has 0 fully saturated rings. The summed E-state index contributed by atoms with van der Waals surface area (Å²) in [6, 6.07) is 38.2. The fourth-order valence-electron chi connectivity index (χ4n) is 4.28. The zero-order valence-electron chi connectivity index (χ0n) is 23.7. The number of thioether (sulfide) groups is 1. The fraction of sp³-hybridized carbons (Fsp3) is 0.0278. The topological polar surface area (TPSA) is 87.3 Å². The molecule has 224 valence electrons. The second-order valence-electron chi connectivity index (χ2n) is 9.78. The average molecular weight is 681 g/mol. The van der Waals surface area contributed by atoms with Crippen molar-refractivity contribution in [3.8, 4) is 0 Å². The Morgan fingerprint density at radius 2 is 1.27 bits per heavy atom. The second-order valence-corrected chi connectivity index (χ2v) is 11.9. The van der Waals surface area contributed by atoms with Gasteiger partial charge in [0.25, 0.3) is 11.8 Å². The number of benzene rings is 5. The van der Waals surface area contributed by atoms with E-state index in [0.717, 1.165) is 14.9 Å². The van der Waals surface area contributed by atoms with Gasteiger partial charge in [0.05, 0.1) is 0 Å². The van der Waals surface area contributed by atoms with Gasteiger partial charge in [-0.1, -0.05) is 82.7 Å². The van der Waals surface area contributed by atoms with E-state index in [1.807, 2.05) is 54.6 Å². The van der Waals surface area contributed by atoms with E-state index in [1.165, 1.54) is 30.0 Å². The first-order chi connectivity index (χ1) is 21.9. The zero-order valence-corrected chi connectivity index (χ0v) is 26.1. The standard InChI is InChI=1S/C36H27BrFN3O3S/c37-27-15-17-28(18-16-27)40-36(44)33(24-9-3-1-4-10-24)45-30-21-19-29(20-22-30)39-35(43)32(23-26-13-7-8-14-31(26)38)41-34(42)25-11-5-2-6-12-25/h1-23,33H,(H,39,43)(H,40,44)(H,41,42)/b32-23-. The number of rotatable bonds is 10. The minimum Gasteiger partial charge on any atom is -0.325 e. The van der Waals surface area contributed by atoms with E-state index < -0.39 is 22.9 Å². The van der Waals surface area contributed by atoms with Gasteiger partial charge in [-0.2, -0.15) is 0 Å². The molecule has 45 heavy (non-hydrogen) atoms. The summed E-state index contributed by atoms with van der Waals surface area (Å²) in [6.07, 6.45) is 1.30. The molecule has 0 spiro atoms. The lowest BCUT2D eigenvalue weighted by molar-refractivity contribution is -0.116. The molecule has 5 rings (SSSR count). The summed E-state index contributed by atoms with van der Waals surface area (Å²) in [4.78, 5) is 40.4. The van der Waals surface area contributed by atoms with Gasteiger partial charge >= 0.3 is 0 Å². The van der Waals surface area contributed by atoms with Crippen LogP contribution in [0.5, 0.6) is 0 Å². The summed E-state index contributed by atoms with van der Waals surface area (Å²) in [5, 5.41) is 7.83. The van der Waals surface area contributed by atoms with E-state index >= 15 is 0 Å². The number of hydrogen-bond donors (Lipinski definition) is 3. The van der Waals surface area contributed by atoms with Gasteiger partial charge in [0, 0.05) is 31.9 Å². The molecule has 0 heterocycles. The van der Waals surface area contributed by atoms with E-state index in [-0.39, 0.29) is 17.2 Å². The molecule has 5 aromatic rings. The Bertz CT molecular complexity index is 1820. The molecule has 9 heteroatoms. The normalized spacial score (nSPS) is 11.7. The van der Waals surface area contributed by atoms with Crippen molar-refractivity contribution >= 4 is 62.9 Å². The van der Waals surface area contributed by atoms with Gasteiger partial charge in [0.1, 0.15) is 16.8 Å². The number of halogens is 2. The maximum absolute atomic E-state index is 14.4. The summed E-state index contributed by atoms with van der Waals surface area (Å²) in [5.41, 5.74) is 2.35. The number of anilines is 2. The van der Waals surface area contributed by atoms with Gasteiger partial charge in [-0.25, -0.2) is 4.39 Å². The summed E-state index contributed by atoms with van der Waals surface area (Å²) in [7, 11) is 0. The van der Waals surface area contributed by atoms with Crippen LogP contribution >= 0.6 is 27.7 Å². The van der Waals surface area contributed by atoms with Crippen LogP contribution in [0, 0.1) is 5.82 Å². The van der Waals surface area contributed by atoms with Crippen molar-refractivity contribution in [1.29, 1.82) is 0 Å². The Hall–Kier alpha value is -4.99. The third-order valence-corrected chi connectivity index (χ3v) is 8.35. The number of carbonyl (C=O) groups is 3. The molecule has 3 amide bonds. The largest absolute Gasteiger partial charge is 0.325 e. The van der Waals surface area contributed by atoms with Crippen LogP contribution in [0.2, 0.25) is 0 Å². The molecule has 0 saturated heterocycles. The number of amides is 3. The molecule has 1 unspecified atom stereocenters. The minimum absolute atomic E-state index is 0.124. The van der Waals surface area contributed by atoms with E-state index in [2.05, 4.69) is 31.9 Å². The highest BCUT2D eigenvalue weighted by atomic mass is 79.9. The maximum atomic E-state index is 14.4. The van der Waals surface area contributed by atoms with E-state index in [9.17, 15) is 18.8 Å². The molecule has 3 N–H and O–H groups in total. The van der Waals surface area contributed by atoms with Crippen molar-refractivity contribution < 1.29 is 18.8 Å². The maximum Gasteiger partial charge on any atom is 0.272 e. The molecule has 0 aromatic heterocycles. The quantitative estimate of drug-likeness (QED) is 0.102. The van der Waals surface area contributed by atoms with Gasteiger partial charge < -0.3 is 16.0 Å². The second kappa shape index (κ2) is 15.1. The zero-order chi connectivity index (χ0) is 31.6. The van der Waals surface area contributed by atoms with E-state index in [0.29, 0.717) is 16.9 Å². The van der Waals surface area contributed by atoms with Crippen molar-refractivity contribution in [2.75, 3.05) is 10.6 Å².